The Balaban J connectivity index is 1.31. The van der Waals surface area contributed by atoms with Crippen LogP contribution in [0.5, 0.6) is 0 Å². The van der Waals surface area contributed by atoms with Crippen LogP contribution in [0, 0.1) is 5.92 Å². The molecule has 9 heteroatoms. The van der Waals surface area contributed by atoms with Gasteiger partial charge in [0.05, 0.1) is 6.54 Å². The number of hydrogen-bond acceptors (Lipinski definition) is 4. The van der Waals surface area contributed by atoms with Gasteiger partial charge in [0, 0.05) is 59.9 Å². The fourth-order valence-electron chi connectivity index (χ4n) is 4.37. The van der Waals surface area contributed by atoms with Crippen LogP contribution >= 0.6 is 23.2 Å². The summed E-state index contributed by atoms with van der Waals surface area (Å²) in [6.07, 6.45) is 4.54. The molecular formula is C27H28Cl2N4O3. The maximum Gasteiger partial charge on any atom is 0.407 e. The fraction of sp³-hybridized carbons (Fsp3) is 0.296. The van der Waals surface area contributed by atoms with Crippen LogP contribution in [0.4, 0.5) is 10.5 Å². The molecule has 1 saturated heterocycles. The number of carbonyl (C=O) groups is 2. The van der Waals surface area contributed by atoms with E-state index in [-0.39, 0.29) is 19.0 Å². The molecule has 1 aliphatic rings. The third-order valence-corrected chi connectivity index (χ3v) is 6.99. The standard InChI is InChI=1S/C27H28Cl2N4O3/c28-23-5-4-22(25(29)15-23)18-33(27(35)36)17-20-2-1-3-21(14-20)26(34)31-16-19-8-12-32(13-9-19)24-6-10-30-11-7-24/h1-7,10-11,14-15,19H,8-9,12-13,16-18H2,(H,31,34)(H,35,36). The average molecular weight is 527 g/mol. The van der Waals surface area contributed by atoms with E-state index in [1.807, 2.05) is 18.2 Å². The molecule has 0 bridgehead atoms. The molecular weight excluding hydrogens is 499 g/mol. The first-order valence-electron chi connectivity index (χ1n) is 11.8. The van der Waals surface area contributed by atoms with Crippen molar-refractivity contribution in [1.29, 1.82) is 0 Å². The Bertz CT molecular complexity index is 1200. The van der Waals surface area contributed by atoms with Crippen LogP contribution in [0.2, 0.25) is 10.0 Å². The number of rotatable bonds is 8. The minimum Gasteiger partial charge on any atom is -0.465 e. The largest absolute Gasteiger partial charge is 0.465 e. The minimum absolute atomic E-state index is 0.111. The molecule has 2 heterocycles. The zero-order valence-electron chi connectivity index (χ0n) is 19.7. The lowest BCUT2D eigenvalue weighted by molar-refractivity contribution is 0.0944. The van der Waals surface area contributed by atoms with Crippen LogP contribution in [0.1, 0.15) is 34.3 Å². The molecule has 0 spiro atoms. The summed E-state index contributed by atoms with van der Waals surface area (Å²) in [6, 6.07) is 16.1. The van der Waals surface area contributed by atoms with Crippen molar-refractivity contribution in [3.63, 3.8) is 0 Å². The molecule has 1 fully saturated rings. The SMILES string of the molecule is O=C(NCC1CCN(c2ccncc2)CC1)c1cccc(CN(Cc2ccc(Cl)cc2Cl)C(=O)O)c1. The van der Waals surface area contributed by atoms with Crippen LogP contribution in [0.3, 0.4) is 0 Å². The highest BCUT2D eigenvalue weighted by Crippen LogP contribution is 2.24. The van der Waals surface area contributed by atoms with Gasteiger partial charge in [-0.15, -0.1) is 0 Å². The molecule has 2 aromatic carbocycles. The maximum atomic E-state index is 12.8. The second kappa shape index (κ2) is 12.1. The maximum absolute atomic E-state index is 12.8. The molecule has 3 aromatic rings. The number of halogens is 2. The third kappa shape index (κ3) is 6.89. The van der Waals surface area contributed by atoms with Crippen LogP contribution in [0.15, 0.2) is 67.0 Å². The second-order valence-corrected chi connectivity index (χ2v) is 9.76. The van der Waals surface area contributed by atoms with Gasteiger partial charge in [0.15, 0.2) is 0 Å². The van der Waals surface area contributed by atoms with E-state index < -0.39 is 6.09 Å². The van der Waals surface area contributed by atoms with E-state index in [1.165, 1.54) is 10.6 Å². The first-order chi connectivity index (χ1) is 17.4. The van der Waals surface area contributed by atoms with Crippen molar-refractivity contribution in [2.24, 2.45) is 5.92 Å². The summed E-state index contributed by atoms with van der Waals surface area (Å²) in [5, 5.41) is 13.7. The highest BCUT2D eigenvalue weighted by Gasteiger charge is 2.21. The van der Waals surface area contributed by atoms with Crippen LogP contribution in [0.25, 0.3) is 0 Å². The van der Waals surface area contributed by atoms with E-state index in [2.05, 4.69) is 15.2 Å². The quantitative estimate of drug-likeness (QED) is 0.392. The molecule has 0 unspecified atom stereocenters. The molecule has 4 rings (SSSR count). The van der Waals surface area contributed by atoms with Crippen molar-refractivity contribution in [2.75, 3.05) is 24.5 Å². The smallest absolute Gasteiger partial charge is 0.407 e. The predicted molar refractivity (Wildman–Crippen MR) is 142 cm³/mol. The van der Waals surface area contributed by atoms with Gasteiger partial charge in [-0.2, -0.15) is 0 Å². The molecule has 36 heavy (non-hydrogen) atoms. The number of carbonyl (C=O) groups excluding carboxylic acids is 1. The molecule has 2 N–H and O–H groups in total. The van der Waals surface area contributed by atoms with Crippen molar-refractivity contribution in [1.82, 2.24) is 15.2 Å². The van der Waals surface area contributed by atoms with Gasteiger partial charge in [-0.3, -0.25) is 14.7 Å². The van der Waals surface area contributed by atoms with Gasteiger partial charge in [0.25, 0.3) is 5.91 Å². The summed E-state index contributed by atoms with van der Waals surface area (Å²) in [4.78, 5) is 32.4. The number of nitrogens with zero attached hydrogens (tertiary/aromatic N) is 3. The Hall–Kier alpha value is -3.29. The zero-order chi connectivity index (χ0) is 25.5. The van der Waals surface area contributed by atoms with Crippen LogP contribution in [-0.2, 0) is 13.1 Å². The highest BCUT2D eigenvalue weighted by atomic mass is 35.5. The molecule has 0 aliphatic carbocycles. The summed E-state index contributed by atoms with van der Waals surface area (Å²) in [6.45, 7) is 2.75. The number of benzene rings is 2. The molecule has 1 aliphatic heterocycles. The predicted octanol–water partition coefficient (Wildman–Crippen LogP) is 5.72. The van der Waals surface area contributed by atoms with E-state index in [9.17, 15) is 14.7 Å². The lowest BCUT2D eigenvalue weighted by Gasteiger charge is -2.33. The number of amides is 2. The molecule has 7 nitrogen and oxygen atoms in total. The first-order valence-corrected chi connectivity index (χ1v) is 12.6. The summed E-state index contributed by atoms with van der Waals surface area (Å²) >= 11 is 12.2. The van der Waals surface area contributed by atoms with Crippen molar-refractivity contribution >= 4 is 40.9 Å². The Morgan fingerprint density at radius 2 is 1.78 bits per heavy atom. The molecule has 0 radical (unpaired) electrons. The van der Waals surface area contributed by atoms with Gasteiger partial charge in [0.2, 0.25) is 0 Å². The number of aromatic nitrogens is 1. The second-order valence-electron chi connectivity index (χ2n) is 8.92. The Morgan fingerprint density at radius 1 is 1.03 bits per heavy atom. The van der Waals surface area contributed by atoms with Crippen molar-refractivity contribution < 1.29 is 14.7 Å². The van der Waals surface area contributed by atoms with Crippen LogP contribution < -0.4 is 10.2 Å². The van der Waals surface area contributed by atoms with Gasteiger partial charge < -0.3 is 15.3 Å². The molecule has 0 atom stereocenters. The lowest BCUT2D eigenvalue weighted by atomic mass is 9.96. The van der Waals surface area contributed by atoms with E-state index in [4.69, 9.17) is 23.2 Å². The number of pyridine rings is 1. The Morgan fingerprint density at radius 3 is 2.47 bits per heavy atom. The van der Waals surface area contributed by atoms with Gasteiger partial charge >= 0.3 is 6.09 Å². The van der Waals surface area contributed by atoms with E-state index in [0.29, 0.717) is 33.6 Å². The van der Waals surface area contributed by atoms with Gasteiger partial charge in [-0.1, -0.05) is 41.4 Å². The zero-order valence-corrected chi connectivity index (χ0v) is 21.3. The monoisotopic (exact) mass is 526 g/mol. The van der Waals surface area contributed by atoms with E-state index in [0.717, 1.165) is 31.5 Å². The van der Waals surface area contributed by atoms with E-state index >= 15 is 0 Å². The minimum atomic E-state index is -1.08. The normalized spacial score (nSPS) is 13.9. The van der Waals surface area contributed by atoms with Crippen molar-refractivity contribution in [3.05, 3.63) is 93.7 Å². The fourth-order valence-corrected chi connectivity index (χ4v) is 4.84. The Labute approximate surface area is 220 Å². The average Bonchev–Trinajstić information content (AvgIpc) is 2.89. The summed E-state index contributed by atoms with van der Waals surface area (Å²) in [7, 11) is 0. The number of nitrogens with one attached hydrogen (secondary N) is 1. The highest BCUT2D eigenvalue weighted by molar-refractivity contribution is 6.35. The first kappa shape index (κ1) is 25.8. The Kier molecular flexibility index (Phi) is 8.67. The summed E-state index contributed by atoms with van der Waals surface area (Å²) in [5.74, 6) is 0.262. The third-order valence-electron chi connectivity index (χ3n) is 6.40. The van der Waals surface area contributed by atoms with Crippen molar-refractivity contribution in [2.45, 2.75) is 25.9 Å². The lowest BCUT2D eigenvalue weighted by Crippen LogP contribution is -2.38. The number of carboxylic acid groups (broad SMARTS) is 1. The van der Waals surface area contributed by atoms with Gasteiger partial charge in [0.1, 0.15) is 0 Å². The van der Waals surface area contributed by atoms with Gasteiger partial charge in [-0.25, -0.2) is 4.79 Å². The topological polar surface area (TPSA) is 85.8 Å². The number of piperidine rings is 1. The molecule has 188 valence electrons. The molecule has 1 aromatic heterocycles. The van der Waals surface area contributed by atoms with Crippen molar-refractivity contribution in [3.8, 4) is 0 Å². The van der Waals surface area contributed by atoms with Gasteiger partial charge in [-0.05, 0) is 66.3 Å². The van der Waals surface area contributed by atoms with E-state index in [1.54, 1.807) is 48.8 Å². The van der Waals surface area contributed by atoms with Crippen LogP contribution in [-0.4, -0.2) is 46.6 Å². The molecule has 0 saturated carbocycles. The summed E-state index contributed by atoms with van der Waals surface area (Å²) < 4.78 is 0. The summed E-state index contributed by atoms with van der Waals surface area (Å²) in [5.41, 5.74) is 3.07. The number of hydrogen-bond donors (Lipinski definition) is 2. The molecule has 2 amide bonds. The number of anilines is 1.